The molecule has 0 aliphatic carbocycles. The number of hydrogen-bond donors (Lipinski definition) is 1. The lowest BCUT2D eigenvalue weighted by atomic mass is 10.1. The summed E-state index contributed by atoms with van der Waals surface area (Å²) in [6.07, 6.45) is -0.906. The highest BCUT2D eigenvalue weighted by Crippen LogP contribution is 2.32. The molecule has 1 N–H and O–H groups in total. The summed E-state index contributed by atoms with van der Waals surface area (Å²) >= 11 is 0. The molecule has 0 saturated heterocycles. The smallest absolute Gasteiger partial charge is 0.165 e. The summed E-state index contributed by atoms with van der Waals surface area (Å²) < 4.78 is 32.5. The van der Waals surface area contributed by atoms with Crippen LogP contribution in [0.3, 0.4) is 0 Å². The summed E-state index contributed by atoms with van der Waals surface area (Å²) in [5.41, 5.74) is 0.655. The number of halogens is 2. The minimum Gasteiger partial charge on any atom is -0.454 e. The maximum absolute atomic E-state index is 13.5. The van der Waals surface area contributed by atoms with E-state index < -0.39 is 17.7 Å². The van der Waals surface area contributed by atoms with Crippen molar-refractivity contribution >= 4 is 0 Å². The molecule has 0 amide bonds. The van der Waals surface area contributed by atoms with Crippen molar-refractivity contribution in [2.24, 2.45) is 0 Å². The molecular weight excluding hydrogens is 250 g/mol. The van der Waals surface area contributed by atoms with Gasteiger partial charge in [-0.15, -0.1) is 0 Å². The Kier molecular flexibility index (Phi) is 3.81. The number of para-hydroxylation sites is 1. The summed E-state index contributed by atoms with van der Waals surface area (Å²) in [7, 11) is 0. The summed E-state index contributed by atoms with van der Waals surface area (Å²) in [5.74, 6) is -0.660. The van der Waals surface area contributed by atoms with Crippen molar-refractivity contribution in [3.63, 3.8) is 0 Å². The van der Waals surface area contributed by atoms with Crippen LogP contribution in [0.5, 0.6) is 11.5 Å². The first-order valence-corrected chi connectivity index (χ1v) is 5.89. The van der Waals surface area contributed by atoms with Crippen LogP contribution >= 0.6 is 0 Å². The molecule has 0 bridgehead atoms. The molecule has 100 valence electrons. The van der Waals surface area contributed by atoms with Gasteiger partial charge in [-0.3, -0.25) is 0 Å². The van der Waals surface area contributed by atoms with Crippen LogP contribution in [0.4, 0.5) is 8.78 Å². The van der Waals surface area contributed by atoms with Crippen LogP contribution in [0.25, 0.3) is 0 Å². The second-order valence-electron chi connectivity index (χ2n) is 4.35. The van der Waals surface area contributed by atoms with Gasteiger partial charge in [-0.1, -0.05) is 12.1 Å². The Hall–Kier alpha value is -1.94. The Morgan fingerprint density at radius 1 is 1.05 bits per heavy atom. The van der Waals surface area contributed by atoms with Crippen molar-refractivity contribution in [1.82, 2.24) is 0 Å². The standard InChI is InChI=1S/C15H14F2O2/c1-9-7-15(11(10(2)18)8-13(9)17)19-14-6-4-3-5-12(14)16/h3-8,10,18H,1-2H3/t10-/m1/s1. The number of aryl methyl sites for hydroxylation is 1. The van der Waals surface area contributed by atoms with Crippen LogP contribution in [0.15, 0.2) is 36.4 Å². The van der Waals surface area contributed by atoms with Gasteiger partial charge in [-0.2, -0.15) is 0 Å². The van der Waals surface area contributed by atoms with Crippen LogP contribution in [-0.4, -0.2) is 5.11 Å². The third-order valence-corrected chi connectivity index (χ3v) is 2.80. The highest BCUT2D eigenvalue weighted by molar-refractivity contribution is 5.42. The molecule has 0 spiro atoms. The molecule has 0 radical (unpaired) electrons. The zero-order valence-electron chi connectivity index (χ0n) is 10.7. The van der Waals surface area contributed by atoms with E-state index in [9.17, 15) is 13.9 Å². The van der Waals surface area contributed by atoms with Crippen molar-refractivity contribution in [3.05, 3.63) is 59.2 Å². The van der Waals surface area contributed by atoms with Crippen LogP contribution in [-0.2, 0) is 0 Å². The molecule has 0 heterocycles. The molecule has 19 heavy (non-hydrogen) atoms. The number of benzene rings is 2. The third-order valence-electron chi connectivity index (χ3n) is 2.80. The van der Waals surface area contributed by atoms with Gasteiger partial charge in [-0.05, 0) is 43.7 Å². The molecule has 2 rings (SSSR count). The Morgan fingerprint density at radius 2 is 1.74 bits per heavy atom. The van der Waals surface area contributed by atoms with Crippen LogP contribution in [0.2, 0.25) is 0 Å². The summed E-state index contributed by atoms with van der Waals surface area (Å²) in [6.45, 7) is 3.08. The van der Waals surface area contributed by atoms with Crippen molar-refractivity contribution in [2.75, 3.05) is 0 Å². The number of aliphatic hydroxyl groups is 1. The number of rotatable bonds is 3. The average Bonchev–Trinajstić information content (AvgIpc) is 2.36. The monoisotopic (exact) mass is 264 g/mol. The predicted molar refractivity (Wildman–Crippen MR) is 68.2 cm³/mol. The average molecular weight is 264 g/mol. The Labute approximate surface area is 110 Å². The zero-order chi connectivity index (χ0) is 14.0. The van der Waals surface area contributed by atoms with Gasteiger partial charge in [0.05, 0.1) is 6.10 Å². The summed E-state index contributed by atoms with van der Waals surface area (Å²) in [5, 5.41) is 9.63. The van der Waals surface area contributed by atoms with Gasteiger partial charge in [0.1, 0.15) is 11.6 Å². The second kappa shape index (κ2) is 5.36. The summed E-state index contributed by atoms with van der Waals surface area (Å²) in [6, 6.07) is 8.58. The van der Waals surface area contributed by atoms with Gasteiger partial charge in [0.2, 0.25) is 0 Å². The van der Waals surface area contributed by atoms with Crippen LogP contribution < -0.4 is 4.74 Å². The topological polar surface area (TPSA) is 29.5 Å². The molecule has 0 saturated carbocycles. The van der Waals surface area contributed by atoms with E-state index in [2.05, 4.69) is 0 Å². The quantitative estimate of drug-likeness (QED) is 0.903. The van der Waals surface area contributed by atoms with E-state index in [4.69, 9.17) is 4.74 Å². The van der Waals surface area contributed by atoms with Gasteiger partial charge in [0.25, 0.3) is 0 Å². The molecule has 4 heteroatoms. The SMILES string of the molecule is Cc1cc(Oc2ccccc2F)c([C@@H](C)O)cc1F. The maximum Gasteiger partial charge on any atom is 0.165 e. The Morgan fingerprint density at radius 3 is 2.37 bits per heavy atom. The normalized spacial score (nSPS) is 12.3. The predicted octanol–water partition coefficient (Wildman–Crippen LogP) is 4.12. The number of hydrogen-bond acceptors (Lipinski definition) is 2. The van der Waals surface area contributed by atoms with Crippen molar-refractivity contribution in [2.45, 2.75) is 20.0 Å². The van der Waals surface area contributed by atoms with E-state index in [1.165, 1.54) is 31.2 Å². The van der Waals surface area contributed by atoms with Gasteiger partial charge in [-0.25, -0.2) is 8.78 Å². The second-order valence-corrected chi connectivity index (χ2v) is 4.35. The fraction of sp³-hybridized carbons (Fsp3) is 0.200. The zero-order valence-corrected chi connectivity index (χ0v) is 10.7. The van der Waals surface area contributed by atoms with Gasteiger partial charge >= 0.3 is 0 Å². The highest BCUT2D eigenvalue weighted by Gasteiger charge is 2.15. The van der Waals surface area contributed by atoms with Crippen molar-refractivity contribution in [1.29, 1.82) is 0 Å². The summed E-state index contributed by atoms with van der Waals surface area (Å²) in [4.78, 5) is 0. The van der Waals surface area contributed by atoms with Crippen molar-refractivity contribution in [3.8, 4) is 11.5 Å². The largest absolute Gasteiger partial charge is 0.454 e. The molecule has 0 fully saturated rings. The lowest BCUT2D eigenvalue weighted by Crippen LogP contribution is -1.99. The molecule has 1 atom stereocenters. The minimum atomic E-state index is -0.906. The van der Waals surface area contributed by atoms with E-state index in [1.807, 2.05) is 0 Å². The molecule has 0 aliphatic rings. The minimum absolute atomic E-state index is 0.0374. The van der Waals surface area contributed by atoms with Crippen LogP contribution in [0, 0.1) is 18.6 Å². The Balaban J connectivity index is 2.45. The van der Waals surface area contributed by atoms with E-state index in [-0.39, 0.29) is 17.1 Å². The first-order chi connectivity index (χ1) is 8.99. The van der Waals surface area contributed by atoms with Crippen molar-refractivity contribution < 1.29 is 18.6 Å². The molecule has 2 aromatic carbocycles. The van der Waals surface area contributed by atoms with Crippen LogP contribution in [0.1, 0.15) is 24.2 Å². The van der Waals surface area contributed by atoms with E-state index in [0.29, 0.717) is 5.56 Å². The van der Waals surface area contributed by atoms with Gasteiger partial charge < -0.3 is 9.84 Å². The number of ether oxygens (including phenoxy) is 1. The lowest BCUT2D eigenvalue weighted by molar-refractivity contribution is 0.195. The van der Waals surface area contributed by atoms with E-state index in [1.54, 1.807) is 19.1 Å². The first-order valence-electron chi connectivity index (χ1n) is 5.89. The Bertz CT molecular complexity index is 595. The third kappa shape index (κ3) is 2.90. The first kappa shape index (κ1) is 13.5. The molecule has 0 aliphatic heterocycles. The molecule has 2 nitrogen and oxygen atoms in total. The van der Waals surface area contributed by atoms with Gasteiger partial charge in [0, 0.05) is 5.56 Å². The van der Waals surface area contributed by atoms with E-state index in [0.717, 1.165) is 0 Å². The molecule has 0 aromatic heterocycles. The highest BCUT2D eigenvalue weighted by atomic mass is 19.1. The lowest BCUT2D eigenvalue weighted by Gasteiger charge is -2.15. The molecular formula is C15H14F2O2. The van der Waals surface area contributed by atoms with E-state index >= 15 is 0 Å². The number of aliphatic hydroxyl groups excluding tert-OH is 1. The molecule has 2 aromatic rings. The fourth-order valence-electron chi connectivity index (χ4n) is 1.73. The van der Waals surface area contributed by atoms with Gasteiger partial charge in [0.15, 0.2) is 11.6 Å². The molecule has 0 unspecified atom stereocenters. The maximum atomic E-state index is 13.5. The fourth-order valence-corrected chi connectivity index (χ4v) is 1.73.